The van der Waals surface area contributed by atoms with E-state index >= 15 is 0 Å². The Morgan fingerprint density at radius 1 is 0.964 bits per heavy atom. The number of amidine groups is 2. The summed E-state index contributed by atoms with van der Waals surface area (Å²) in [6.45, 7) is 0.789. The summed E-state index contributed by atoms with van der Waals surface area (Å²) in [6, 6.07) is 13.7. The summed E-state index contributed by atoms with van der Waals surface area (Å²) < 4.78 is 11.3. The minimum atomic E-state index is -0.173. The quantitative estimate of drug-likeness (QED) is 0.154. The number of hydrogen-bond donors (Lipinski definition) is 4. The third-order valence-electron chi connectivity index (χ3n) is 4.13. The van der Waals surface area contributed by atoms with Gasteiger partial charge in [-0.2, -0.15) is 0 Å². The maximum Gasteiger partial charge on any atom is 0.170 e. The molecule has 8 heteroatoms. The van der Waals surface area contributed by atoms with Crippen molar-refractivity contribution in [1.29, 1.82) is 5.41 Å². The fourth-order valence-electron chi connectivity index (χ4n) is 2.45. The van der Waals surface area contributed by atoms with E-state index in [0.717, 1.165) is 6.29 Å². The van der Waals surface area contributed by atoms with Gasteiger partial charge in [0.15, 0.2) is 5.84 Å². The molecule has 2 rings (SSSR count). The van der Waals surface area contributed by atoms with Gasteiger partial charge < -0.3 is 30.9 Å². The molecule has 0 aromatic heterocycles. The third-order valence-corrected chi connectivity index (χ3v) is 4.13. The number of aldehydes is 1. The van der Waals surface area contributed by atoms with Crippen LogP contribution in [0.5, 0.6) is 11.5 Å². The van der Waals surface area contributed by atoms with Crippen molar-refractivity contribution in [2.24, 2.45) is 22.5 Å². The first-order chi connectivity index (χ1) is 13.5. The van der Waals surface area contributed by atoms with Gasteiger partial charge in [0.25, 0.3) is 0 Å². The first-order valence-corrected chi connectivity index (χ1v) is 8.76. The summed E-state index contributed by atoms with van der Waals surface area (Å²) in [5.41, 5.74) is 12.1. The summed E-state index contributed by atoms with van der Waals surface area (Å²) >= 11 is 0. The maximum atomic E-state index is 11.3. The lowest BCUT2D eigenvalue weighted by atomic mass is 10.0. The molecule has 28 heavy (non-hydrogen) atoms. The first-order valence-electron chi connectivity index (χ1n) is 8.76. The van der Waals surface area contributed by atoms with Crippen LogP contribution in [0, 0.1) is 11.3 Å². The van der Waals surface area contributed by atoms with Gasteiger partial charge in [0, 0.05) is 17.0 Å². The van der Waals surface area contributed by atoms with E-state index in [0.29, 0.717) is 48.7 Å². The Labute approximate surface area is 163 Å². The predicted octanol–water partition coefficient (Wildman–Crippen LogP) is 2.12. The fourth-order valence-corrected chi connectivity index (χ4v) is 2.45. The van der Waals surface area contributed by atoms with Crippen LogP contribution in [-0.2, 0) is 4.79 Å². The molecular weight excluding hydrogens is 360 g/mol. The second-order valence-electron chi connectivity index (χ2n) is 6.12. The molecule has 0 amide bonds. The molecule has 8 nitrogen and oxygen atoms in total. The number of nitrogens with zero attached hydrogens (tertiary/aromatic N) is 1. The number of carbonyl (C=O) groups is 1. The van der Waals surface area contributed by atoms with Crippen molar-refractivity contribution in [1.82, 2.24) is 0 Å². The molecule has 0 aliphatic heterocycles. The van der Waals surface area contributed by atoms with Gasteiger partial charge >= 0.3 is 0 Å². The molecule has 2 aromatic rings. The molecule has 0 bridgehead atoms. The number of ether oxygens (including phenoxy) is 2. The average molecular weight is 384 g/mol. The number of nitrogen functional groups attached to an aromatic ring is 1. The SMILES string of the molecule is N=C(N)c1ccc(OCCC(C=O)CCOc2ccc(/C(N)=N\O)cc2)cc1. The van der Waals surface area contributed by atoms with Crippen LogP contribution < -0.4 is 20.9 Å². The van der Waals surface area contributed by atoms with Crippen LogP contribution in [0.25, 0.3) is 0 Å². The standard InChI is InChI=1S/C20H24N4O4/c21-19(22)15-1-5-17(6-2-15)27-11-9-14(13-25)10-12-28-18-7-3-16(4-8-18)20(23)24-26/h1-8,13-14,26H,9-12H2,(H3,21,22)(H2,23,24). The molecule has 1 atom stereocenters. The van der Waals surface area contributed by atoms with Crippen molar-refractivity contribution in [3.8, 4) is 11.5 Å². The minimum Gasteiger partial charge on any atom is -0.494 e. The summed E-state index contributed by atoms with van der Waals surface area (Å²) in [4.78, 5) is 11.3. The lowest BCUT2D eigenvalue weighted by Gasteiger charge is -2.13. The van der Waals surface area contributed by atoms with E-state index in [2.05, 4.69) is 5.16 Å². The Morgan fingerprint density at radius 2 is 1.43 bits per heavy atom. The number of carbonyl (C=O) groups excluding carboxylic acids is 1. The van der Waals surface area contributed by atoms with Crippen molar-refractivity contribution in [3.63, 3.8) is 0 Å². The molecule has 0 fully saturated rings. The van der Waals surface area contributed by atoms with Crippen molar-refractivity contribution in [2.75, 3.05) is 13.2 Å². The highest BCUT2D eigenvalue weighted by molar-refractivity contribution is 5.97. The largest absolute Gasteiger partial charge is 0.494 e. The van der Waals surface area contributed by atoms with Crippen LogP contribution in [0.1, 0.15) is 24.0 Å². The highest BCUT2D eigenvalue weighted by Crippen LogP contribution is 2.16. The number of benzene rings is 2. The number of hydrogen-bond acceptors (Lipinski definition) is 6. The lowest BCUT2D eigenvalue weighted by Crippen LogP contribution is -2.13. The van der Waals surface area contributed by atoms with Gasteiger partial charge in [0.2, 0.25) is 0 Å². The van der Waals surface area contributed by atoms with Crippen LogP contribution in [0.3, 0.4) is 0 Å². The van der Waals surface area contributed by atoms with Crippen LogP contribution in [0.15, 0.2) is 53.7 Å². The molecule has 0 aliphatic rings. The Morgan fingerprint density at radius 3 is 1.82 bits per heavy atom. The van der Waals surface area contributed by atoms with E-state index in [4.69, 9.17) is 31.6 Å². The van der Waals surface area contributed by atoms with Gasteiger partial charge in [-0.15, -0.1) is 0 Å². The van der Waals surface area contributed by atoms with Crippen LogP contribution >= 0.6 is 0 Å². The summed E-state index contributed by atoms with van der Waals surface area (Å²) in [6.07, 6.45) is 2.05. The minimum absolute atomic E-state index is 0.00667. The second-order valence-corrected chi connectivity index (χ2v) is 6.12. The number of rotatable bonds is 11. The topological polar surface area (TPSA) is 144 Å². The zero-order chi connectivity index (χ0) is 20.4. The first kappa shape index (κ1) is 20.8. The van der Waals surface area contributed by atoms with Crippen LogP contribution in [0.4, 0.5) is 0 Å². The Balaban J connectivity index is 1.72. The number of nitrogens with one attached hydrogen (secondary N) is 1. The van der Waals surface area contributed by atoms with E-state index in [1.165, 1.54) is 0 Å². The molecule has 2 aromatic carbocycles. The molecular formula is C20H24N4O4. The molecule has 1 unspecified atom stereocenters. The smallest absolute Gasteiger partial charge is 0.170 e. The summed E-state index contributed by atoms with van der Waals surface area (Å²) in [5.74, 6) is 1.17. The molecule has 0 saturated heterocycles. The van der Waals surface area contributed by atoms with E-state index < -0.39 is 0 Å². The molecule has 6 N–H and O–H groups in total. The predicted molar refractivity (Wildman–Crippen MR) is 106 cm³/mol. The van der Waals surface area contributed by atoms with Crippen molar-refractivity contribution >= 4 is 18.0 Å². The fraction of sp³-hybridized carbons (Fsp3) is 0.250. The monoisotopic (exact) mass is 384 g/mol. The van der Waals surface area contributed by atoms with Crippen LogP contribution in [-0.4, -0.2) is 36.4 Å². The number of oxime groups is 1. The van der Waals surface area contributed by atoms with E-state index in [9.17, 15) is 4.79 Å². The Kier molecular flexibility index (Phi) is 7.83. The zero-order valence-corrected chi connectivity index (χ0v) is 15.4. The number of nitrogens with two attached hydrogens (primary N) is 2. The Hall–Kier alpha value is -3.55. The van der Waals surface area contributed by atoms with Gasteiger partial charge in [0.1, 0.15) is 23.6 Å². The molecule has 0 aliphatic carbocycles. The van der Waals surface area contributed by atoms with Gasteiger partial charge in [-0.25, -0.2) is 0 Å². The highest BCUT2D eigenvalue weighted by Gasteiger charge is 2.09. The normalized spacial score (nSPS) is 12.2. The van der Waals surface area contributed by atoms with E-state index in [1.807, 2.05) is 0 Å². The third kappa shape index (κ3) is 6.31. The van der Waals surface area contributed by atoms with Crippen molar-refractivity contribution in [2.45, 2.75) is 12.8 Å². The van der Waals surface area contributed by atoms with Gasteiger partial charge in [0.05, 0.1) is 13.2 Å². The van der Waals surface area contributed by atoms with Crippen molar-refractivity contribution < 1.29 is 19.5 Å². The summed E-state index contributed by atoms with van der Waals surface area (Å²) in [7, 11) is 0. The van der Waals surface area contributed by atoms with Crippen LogP contribution in [0.2, 0.25) is 0 Å². The molecule has 0 radical (unpaired) electrons. The molecule has 0 heterocycles. The highest BCUT2D eigenvalue weighted by atomic mass is 16.5. The molecule has 148 valence electrons. The van der Waals surface area contributed by atoms with Gasteiger partial charge in [-0.3, -0.25) is 5.41 Å². The average Bonchev–Trinajstić information content (AvgIpc) is 2.72. The molecule has 0 saturated carbocycles. The van der Waals surface area contributed by atoms with Gasteiger partial charge in [-0.05, 0) is 61.4 Å². The second kappa shape index (κ2) is 10.6. The molecule has 0 spiro atoms. The zero-order valence-electron chi connectivity index (χ0n) is 15.4. The maximum absolute atomic E-state index is 11.3. The lowest BCUT2D eigenvalue weighted by molar-refractivity contribution is -0.111. The van der Waals surface area contributed by atoms with Crippen molar-refractivity contribution in [3.05, 3.63) is 59.7 Å². The summed E-state index contributed by atoms with van der Waals surface area (Å²) in [5, 5.41) is 18.9. The Bertz CT molecular complexity index is 804. The van der Waals surface area contributed by atoms with Gasteiger partial charge in [-0.1, -0.05) is 5.16 Å². The van der Waals surface area contributed by atoms with E-state index in [-0.39, 0.29) is 17.6 Å². The van der Waals surface area contributed by atoms with E-state index in [1.54, 1.807) is 48.5 Å².